The van der Waals surface area contributed by atoms with Gasteiger partial charge in [-0.15, -0.1) is 0 Å². The Balaban J connectivity index is 2.05. The summed E-state index contributed by atoms with van der Waals surface area (Å²) in [6, 6.07) is 26.6. The van der Waals surface area contributed by atoms with Crippen LogP contribution in [0.4, 0.5) is 0 Å². The second kappa shape index (κ2) is 9.73. The van der Waals surface area contributed by atoms with Crippen molar-refractivity contribution in [3.8, 4) is 0 Å². The van der Waals surface area contributed by atoms with Crippen molar-refractivity contribution in [1.29, 1.82) is 0 Å². The molecule has 0 aromatic heterocycles. The summed E-state index contributed by atoms with van der Waals surface area (Å²) in [6.45, 7) is 5.59. The van der Waals surface area contributed by atoms with Crippen molar-refractivity contribution in [2.75, 3.05) is 0 Å². The monoisotopic (exact) mass is 419 g/mol. The van der Waals surface area contributed by atoms with Crippen LogP contribution in [0.3, 0.4) is 0 Å². The lowest BCUT2D eigenvalue weighted by Crippen LogP contribution is -2.33. The molecule has 1 atom stereocenters. The van der Waals surface area contributed by atoms with Gasteiger partial charge in [-0.25, -0.2) is 4.79 Å². The van der Waals surface area contributed by atoms with Crippen molar-refractivity contribution in [3.63, 3.8) is 0 Å². The minimum absolute atomic E-state index is 0.346. The van der Waals surface area contributed by atoms with Crippen LogP contribution in [-0.4, -0.2) is 23.3 Å². The van der Waals surface area contributed by atoms with Crippen molar-refractivity contribution in [3.05, 3.63) is 107 Å². The summed E-state index contributed by atoms with van der Waals surface area (Å²) in [4.78, 5) is 18.0. The maximum Gasteiger partial charge on any atom is 0.331 e. The lowest BCUT2D eigenvalue weighted by atomic mass is 10.0. The van der Waals surface area contributed by atoms with Gasteiger partial charge in [-0.2, -0.15) is 0 Å². The highest BCUT2D eigenvalue weighted by Crippen LogP contribution is 2.19. The van der Waals surface area contributed by atoms with Gasteiger partial charge in [-0.1, -0.05) is 84.4 Å². The fourth-order valence-electron chi connectivity index (χ4n) is 3.06. The first-order valence-electron chi connectivity index (χ1n) is 9.98. The summed E-state index contributed by atoms with van der Waals surface area (Å²) in [5.41, 5.74) is 3.05. The van der Waals surface area contributed by atoms with Gasteiger partial charge in [0.1, 0.15) is 5.60 Å². The number of aliphatic imine (C=N–C) groups is 1. The van der Waals surface area contributed by atoms with E-state index in [9.17, 15) is 4.79 Å². The molecule has 4 heteroatoms. The van der Waals surface area contributed by atoms with Crippen molar-refractivity contribution >= 4 is 23.3 Å². The summed E-state index contributed by atoms with van der Waals surface area (Å²) in [7, 11) is 0. The quantitative estimate of drug-likeness (QED) is 0.356. The fourth-order valence-corrected chi connectivity index (χ4v) is 3.18. The zero-order chi connectivity index (χ0) is 21.6. The number of halogens is 1. The van der Waals surface area contributed by atoms with Gasteiger partial charge in [-0.3, -0.25) is 4.99 Å². The highest BCUT2D eigenvalue weighted by molar-refractivity contribution is 6.30. The maximum atomic E-state index is 13.1. The molecule has 0 fully saturated rings. The number of nitrogens with zero attached hydrogens (tertiary/aromatic N) is 1. The lowest BCUT2D eigenvalue weighted by molar-refractivity contribution is -0.156. The summed E-state index contributed by atoms with van der Waals surface area (Å²) in [5, 5.41) is 0.658. The Bertz CT molecular complexity index is 949. The third-order valence-electron chi connectivity index (χ3n) is 4.40. The Hall–Kier alpha value is -2.91. The Morgan fingerprint density at radius 1 is 0.867 bits per heavy atom. The minimum atomic E-state index is -0.680. The van der Waals surface area contributed by atoms with Crippen LogP contribution in [0, 0.1) is 0 Å². The predicted octanol–water partition coefficient (Wildman–Crippen LogP) is 6.13. The van der Waals surface area contributed by atoms with E-state index in [2.05, 4.69) is 0 Å². The molecule has 30 heavy (non-hydrogen) atoms. The number of carbonyl (C=O) groups excluding carboxylic acids is 1. The molecule has 0 spiro atoms. The Morgan fingerprint density at radius 3 is 1.83 bits per heavy atom. The molecule has 0 unspecified atom stereocenters. The van der Waals surface area contributed by atoms with Crippen molar-refractivity contribution in [2.24, 2.45) is 4.99 Å². The normalized spacial score (nSPS) is 12.1. The van der Waals surface area contributed by atoms with Crippen LogP contribution in [0.5, 0.6) is 0 Å². The average Bonchev–Trinajstić information content (AvgIpc) is 2.72. The lowest BCUT2D eigenvalue weighted by Gasteiger charge is -2.23. The number of rotatable bonds is 6. The number of carbonyl (C=O) groups is 1. The molecule has 3 aromatic carbocycles. The van der Waals surface area contributed by atoms with Crippen LogP contribution < -0.4 is 0 Å². The van der Waals surface area contributed by atoms with Crippen LogP contribution in [0.25, 0.3) is 0 Å². The van der Waals surface area contributed by atoms with Gasteiger partial charge < -0.3 is 4.74 Å². The molecular formula is C26H26ClNO2. The Morgan fingerprint density at radius 2 is 1.37 bits per heavy atom. The van der Waals surface area contributed by atoms with Crippen LogP contribution in [-0.2, 0) is 16.0 Å². The Labute approximate surface area is 183 Å². The first-order chi connectivity index (χ1) is 14.3. The fraction of sp³-hybridized carbons (Fsp3) is 0.231. The van der Waals surface area contributed by atoms with E-state index < -0.39 is 11.6 Å². The van der Waals surface area contributed by atoms with Crippen LogP contribution >= 0.6 is 11.6 Å². The highest BCUT2D eigenvalue weighted by atomic mass is 35.5. The number of hydrogen-bond donors (Lipinski definition) is 0. The number of ether oxygens (including phenoxy) is 1. The van der Waals surface area contributed by atoms with E-state index in [0.717, 1.165) is 22.4 Å². The number of benzene rings is 3. The summed E-state index contributed by atoms with van der Waals surface area (Å²) < 4.78 is 5.70. The highest BCUT2D eigenvalue weighted by Gasteiger charge is 2.26. The average molecular weight is 420 g/mol. The molecule has 0 saturated carbocycles. The van der Waals surface area contributed by atoms with Crippen molar-refractivity contribution in [2.45, 2.75) is 38.8 Å². The molecule has 154 valence electrons. The SMILES string of the molecule is CC(C)(C)OC(=O)[C@@H](Cc1ccc(Cl)cc1)N=C(c1ccccc1)c1ccccc1. The molecule has 0 N–H and O–H groups in total. The van der Waals surface area contributed by atoms with E-state index in [-0.39, 0.29) is 5.97 Å². The van der Waals surface area contributed by atoms with Crippen molar-refractivity contribution in [1.82, 2.24) is 0 Å². The molecule has 3 nitrogen and oxygen atoms in total. The zero-order valence-electron chi connectivity index (χ0n) is 17.5. The van der Waals surface area contributed by atoms with Gasteiger partial charge in [0.15, 0.2) is 6.04 Å². The van der Waals surface area contributed by atoms with Crippen LogP contribution in [0.15, 0.2) is 89.9 Å². The van der Waals surface area contributed by atoms with Crippen LogP contribution in [0.2, 0.25) is 5.02 Å². The first kappa shape index (κ1) is 21.8. The predicted molar refractivity (Wildman–Crippen MR) is 123 cm³/mol. The maximum absolute atomic E-state index is 13.1. The molecule has 0 amide bonds. The zero-order valence-corrected chi connectivity index (χ0v) is 18.3. The van der Waals surface area contributed by atoms with E-state index >= 15 is 0 Å². The van der Waals surface area contributed by atoms with Gasteiger partial charge in [-0.05, 0) is 38.5 Å². The van der Waals surface area contributed by atoms with E-state index in [1.807, 2.05) is 106 Å². The second-order valence-corrected chi connectivity index (χ2v) is 8.53. The van der Waals surface area contributed by atoms with E-state index in [0.29, 0.717) is 11.4 Å². The van der Waals surface area contributed by atoms with Crippen LogP contribution in [0.1, 0.15) is 37.5 Å². The first-order valence-corrected chi connectivity index (χ1v) is 10.4. The molecular weight excluding hydrogens is 394 g/mol. The van der Waals surface area contributed by atoms with Gasteiger partial charge in [0.2, 0.25) is 0 Å². The van der Waals surface area contributed by atoms with E-state index in [1.165, 1.54) is 0 Å². The molecule has 0 radical (unpaired) electrons. The van der Waals surface area contributed by atoms with E-state index in [4.69, 9.17) is 21.3 Å². The van der Waals surface area contributed by atoms with Gasteiger partial charge in [0.05, 0.1) is 5.71 Å². The molecule has 0 heterocycles. The molecule has 0 aliphatic heterocycles. The number of esters is 1. The van der Waals surface area contributed by atoms with Crippen molar-refractivity contribution < 1.29 is 9.53 Å². The topological polar surface area (TPSA) is 38.7 Å². The third-order valence-corrected chi connectivity index (χ3v) is 4.65. The van der Waals surface area contributed by atoms with E-state index in [1.54, 1.807) is 0 Å². The minimum Gasteiger partial charge on any atom is -0.458 e. The third kappa shape index (κ3) is 6.30. The molecule has 0 saturated heterocycles. The largest absolute Gasteiger partial charge is 0.458 e. The molecule has 0 bridgehead atoms. The smallest absolute Gasteiger partial charge is 0.331 e. The molecule has 0 aliphatic rings. The number of hydrogen-bond acceptors (Lipinski definition) is 3. The standard InChI is InChI=1S/C26H26ClNO2/c1-26(2,3)30-25(29)23(18-19-14-16-22(27)17-15-19)28-24(20-10-6-4-7-11-20)21-12-8-5-9-13-21/h4-17,23H,18H2,1-3H3/t23-/m1/s1. The second-order valence-electron chi connectivity index (χ2n) is 8.09. The summed E-state index contributed by atoms with van der Waals surface area (Å²) in [5.74, 6) is -0.346. The van der Waals surface area contributed by atoms with Gasteiger partial charge in [0, 0.05) is 22.6 Å². The Kier molecular flexibility index (Phi) is 7.07. The van der Waals surface area contributed by atoms with Gasteiger partial charge >= 0.3 is 5.97 Å². The molecule has 3 aromatic rings. The molecule has 3 rings (SSSR count). The summed E-state index contributed by atoms with van der Waals surface area (Å²) in [6.07, 6.45) is 0.426. The van der Waals surface area contributed by atoms with Gasteiger partial charge in [0.25, 0.3) is 0 Å². The molecule has 0 aliphatic carbocycles. The summed E-state index contributed by atoms with van der Waals surface area (Å²) >= 11 is 6.02.